The van der Waals surface area contributed by atoms with E-state index in [4.69, 9.17) is 24.1 Å². The maximum atomic E-state index is 13.8. The van der Waals surface area contributed by atoms with Crippen LogP contribution in [0.5, 0.6) is 0 Å². The molecule has 9 nitrogen and oxygen atoms in total. The molecule has 2 atom stereocenters. The van der Waals surface area contributed by atoms with Gasteiger partial charge < -0.3 is 19.5 Å². The first-order chi connectivity index (χ1) is 23.6. The van der Waals surface area contributed by atoms with Crippen molar-refractivity contribution in [2.24, 2.45) is 26.8 Å². The Bertz CT molecular complexity index is 2110. The van der Waals surface area contributed by atoms with Gasteiger partial charge >= 0.3 is 11.6 Å². The molecule has 0 unspecified atom stereocenters. The molecule has 0 fully saturated rings. The lowest BCUT2D eigenvalue weighted by Gasteiger charge is -2.19. The molecule has 6 heterocycles. The molecule has 0 saturated carbocycles. The Morgan fingerprint density at radius 3 is 2.53 bits per heavy atom. The number of aromatic amines is 1. The molecule has 4 aliphatic heterocycles. The van der Waals surface area contributed by atoms with E-state index in [9.17, 15) is 9.59 Å². The van der Waals surface area contributed by atoms with E-state index >= 15 is 0 Å². The van der Waals surface area contributed by atoms with Crippen LogP contribution in [-0.2, 0) is 9.53 Å². The van der Waals surface area contributed by atoms with Gasteiger partial charge in [0.1, 0.15) is 0 Å². The van der Waals surface area contributed by atoms with Gasteiger partial charge in [0.25, 0.3) is 0 Å². The van der Waals surface area contributed by atoms with Crippen LogP contribution in [0.25, 0.3) is 23.8 Å². The van der Waals surface area contributed by atoms with Gasteiger partial charge in [-0.1, -0.05) is 52.7 Å². The number of fused-ring (bicyclic) bond motifs is 6. The standard InChI is InChI=1S/C40H47N5O4/c1-9-12-13-14-17-41-39-36-37-27(15-16-34(46)48-8)23(6)30(44-37)18-28-21(4)25(10-2)32(42-28)19-29-22(5)26(11-3)33(43-29)20-31-24(7)35(38(36)45-31)40(47)49-39/h10,18-20,23,27,41-42H,2,9,11-17H2,1,3-8H3/t23-,27-/m0/s1. The summed E-state index contributed by atoms with van der Waals surface area (Å²) < 4.78 is 11.2. The second-order valence-corrected chi connectivity index (χ2v) is 13.3. The highest BCUT2D eigenvalue weighted by molar-refractivity contribution is 6.14. The SMILES string of the molecule is C=Cc1c2[nH]c(c1C)C=C1N=C(c3c(NCCCCCC)oc(=O)c4c3=NC(=CC3=NC(=C2)C(C)=C3CC)C=4C)[C@@H](CCC(=O)OC)[C@@H]1C. The zero-order valence-electron chi connectivity index (χ0n) is 29.8. The summed E-state index contributed by atoms with van der Waals surface area (Å²) >= 11 is 0. The molecule has 0 spiro atoms. The Balaban J connectivity index is 1.66. The highest BCUT2D eigenvalue weighted by atomic mass is 16.5. The molecule has 0 saturated heterocycles. The maximum Gasteiger partial charge on any atom is 0.347 e. The van der Waals surface area contributed by atoms with Gasteiger partial charge in [-0.3, -0.25) is 9.79 Å². The number of aliphatic imine (C=N–C) groups is 2. The molecule has 6 rings (SSSR count). The Morgan fingerprint density at radius 1 is 1.04 bits per heavy atom. The number of hydrogen-bond donors (Lipinski definition) is 2. The van der Waals surface area contributed by atoms with Crippen molar-refractivity contribution in [3.63, 3.8) is 0 Å². The van der Waals surface area contributed by atoms with Gasteiger partial charge in [0.05, 0.1) is 46.1 Å². The summed E-state index contributed by atoms with van der Waals surface area (Å²) in [6, 6.07) is 0. The smallest absolute Gasteiger partial charge is 0.347 e. The summed E-state index contributed by atoms with van der Waals surface area (Å²) in [5, 5.41) is 4.44. The van der Waals surface area contributed by atoms with Gasteiger partial charge in [0, 0.05) is 47.4 Å². The van der Waals surface area contributed by atoms with Gasteiger partial charge in [0.15, 0.2) is 0 Å². The van der Waals surface area contributed by atoms with Crippen molar-refractivity contribution in [3.05, 3.63) is 90.0 Å². The van der Waals surface area contributed by atoms with E-state index in [1.807, 2.05) is 19.1 Å². The number of esters is 1. The summed E-state index contributed by atoms with van der Waals surface area (Å²) in [5.74, 6) is -0.113. The molecule has 4 aliphatic rings. The fourth-order valence-corrected chi connectivity index (χ4v) is 7.41. The molecule has 49 heavy (non-hydrogen) atoms. The van der Waals surface area contributed by atoms with Crippen molar-refractivity contribution < 1.29 is 13.9 Å². The zero-order valence-corrected chi connectivity index (χ0v) is 29.8. The normalized spacial score (nSPS) is 19.2. The summed E-state index contributed by atoms with van der Waals surface area (Å²) in [7, 11) is 1.41. The van der Waals surface area contributed by atoms with Crippen molar-refractivity contribution in [3.8, 4) is 0 Å². The third-order valence-electron chi connectivity index (χ3n) is 10.4. The fourth-order valence-electron chi connectivity index (χ4n) is 7.41. The van der Waals surface area contributed by atoms with E-state index < -0.39 is 5.63 Å². The van der Waals surface area contributed by atoms with Crippen LogP contribution < -0.4 is 21.5 Å². The first-order valence-corrected chi connectivity index (χ1v) is 17.6. The van der Waals surface area contributed by atoms with Crippen LogP contribution in [0, 0.1) is 18.8 Å². The number of nitrogens with zero attached hydrogens (tertiary/aromatic N) is 3. The molecule has 256 valence electrons. The van der Waals surface area contributed by atoms with Gasteiger partial charge in [-0.25, -0.2) is 14.8 Å². The second-order valence-electron chi connectivity index (χ2n) is 13.3. The number of nitrogens with one attached hydrogen (secondary N) is 2. The number of H-pyrrole nitrogens is 1. The van der Waals surface area contributed by atoms with E-state index in [2.05, 4.69) is 63.7 Å². The first-order valence-electron chi connectivity index (χ1n) is 17.6. The Morgan fingerprint density at radius 2 is 1.82 bits per heavy atom. The van der Waals surface area contributed by atoms with Crippen molar-refractivity contribution in [2.75, 3.05) is 19.0 Å². The molecule has 0 aromatic carbocycles. The van der Waals surface area contributed by atoms with Gasteiger partial charge in [-0.15, -0.1) is 0 Å². The lowest BCUT2D eigenvalue weighted by Crippen LogP contribution is -2.43. The Kier molecular flexibility index (Phi) is 9.72. The third kappa shape index (κ3) is 6.15. The van der Waals surface area contributed by atoms with Crippen LogP contribution in [0.15, 0.2) is 65.1 Å². The van der Waals surface area contributed by atoms with Crippen molar-refractivity contribution in [2.45, 2.75) is 86.5 Å². The van der Waals surface area contributed by atoms with Crippen LogP contribution in [0.4, 0.5) is 5.88 Å². The van der Waals surface area contributed by atoms with Gasteiger partial charge in [-0.2, -0.15) is 0 Å². The number of allylic oxidation sites excluding steroid dienone is 5. The minimum absolute atomic E-state index is 0.0487. The average Bonchev–Trinajstić information content (AvgIpc) is 3.76. The zero-order chi connectivity index (χ0) is 35.0. The van der Waals surface area contributed by atoms with Crippen molar-refractivity contribution >= 4 is 47.1 Å². The highest BCUT2D eigenvalue weighted by Crippen LogP contribution is 2.39. The largest absolute Gasteiger partial charge is 0.469 e. The monoisotopic (exact) mass is 661 g/mol. The minimum atomic E-state index is -0.437. The quantitative estimate of drug-likeness (QED) is 0.195. The number of methoxy groups -OCH3 is 1. The number of unbranched alkanes of at least 4 members (excludes halogenated alkanes) is 3. The fraction of sp³-hybridized carbons (Fsp3) is 0.425. The Labute approximate surface area is 287 Å². The second kappa shape index (κ2) is 14.0. The van der Waals surface area contributed by atoms with Crippen molar-refractivity contribution in [1.29, 1.82) is 0 Å². The molecule has 8 bridgehead atoms. The summed E-state index contributed by atoms with van der Waals surface area (Å²) in [4.78, 5) is 45.4. The number of anilines is 1. The van der Waals surface area contributed by atoms with Crippen LogP contribution in [-0.4, -0.2) is 36.0 Å². The number of ether oxygens (including phenoxy) is 1. The third-order valence-corrected chi connectivity index (χ3v) is 10.4. The predicted octanol–water partition coefficient (Wildman–Crippen LogP) is 7.18. The van der Waals surface area contributed by atoms with Gasteiger partial charge in [-0.05, 0) is 80.5 Å². The molecule has 2 N–H and O–H groups in total. The minimum Gasteiger partial charge on any atom is -0.469 e. The molecule has 0 radical (unpaired) electrons. The number of rotatable bonds is 11. The number of aromatic nitrogens is 1. The number of carbonyl (C=O) groups excluding carboxylic acids is 1. The lowest BCUT2D eigenvalue weighted by atomic mass is 9.84. The topological polar surface area (TPSA) is 121 Å². The number of carbonyl (C=O) groups is 1. The maximum absolute atomic E-state index is 13.8. The molecule has 0 aliphatic carbocycles. The Hall–Kier alpha value is -4.79. The highest BCUT2D eigenvalue weighted by Gasteiger charge is 2.37. The summed E-state index contributed by atoms with van der Waals surface area (Å²) in [6.45, 7) is 17.3. The van der Waals surface area contributed by atoms with Crippen molar-refractivity contribution in [1.82, 2.24) is 4.98 Å². The molecule has 2 aromatic heterocycles. The molecular formula is C40H47N5O4. The van der Waals surface area contributed by atoms with Gasteiger partial charge in [0.2, 0.25) is 5.88 Å². The van der Waals surface area contributed by atoms with E-state index in [0.717, 1.165) is 94.2 Å². The molecule has 0 amide bonds. The molecule has 2 aromatic rings. The summed E-state index contributed by atoms with van der Waals surface area (Å²) in [5.41, 5.74) is 11.2. The van der Waals surface area contributed by atoms with E-state index in [1.54, 1.807) is 0 Å². The van der Waals surface area contributed by atoms with Crippen LogP contribution >= 0.6 is 0 Å². The van der Waals surface area contributed by atoms with E-state index in [-0.39, 0.29) is 24.2 Å². The average molecular weight is 662 g/mol. The van der Waals surface area contributed by atoms with E-state index in [0.29, 0.717) is 40.7 Å². The molecular weight excluding hydrogens is 614 g/mol. The molecule has 9 heteroatoms. The first kappa shape index (κ1) is 34.1. The van der Waals surface area contributed by atoms with E-state index in [1.165, 1.54) is 7.11 Å². The van der Waals surface area contributed by atoms with Crippen LogP contribution in [0.1, 0.15) is 108 Å². The van der Waals surface area contributed by atoms with Crippen LogP contribution in [0.3, 0.4) is 0 Å². The summed E-state index contributed by atoms with van der Waals surface area (Å²) in [6.07, 6.45) is 13.9. The predicted molar refractivity (Wildman–Crippen MR) is 198 cm³/mol. The number of hydrogen-bond acceptors (Lipinski definition) is 8. The van der Waals surface area contributed by atoms with Crippen LogP contribution in [0.2, 0.25) is 0 Å². The lowest BCUT2D eigenvalue weighted by molar-refractivity contribution is -0.140.